The molecule has 180 valence electrons. The van der Waals surface area contributed by atoms with Gasteiger partial charge in [0, 0.05) is 5.56 Å². The smallest absolute Gasteiger partial charge is 0.332 e. The van der Waals surface area contributed by atoms with Crippen molar-refractivity contribution < 1.29 is 14.3 Å². The van der Waals surface area contributed by atoms with Gasteiger partial charge in [-0.25, -0.2) is 4.79 Å². The van der Waals surface area contributed by atoms with Gasteiger partial charge in [0.25, 0.3) is 0 Å². The van der Waals surface area contributed by atoms with Crippen molar-refractivity contribution >= 4 is 43.4 Å². The van der Waals surface area contributed by atoms with Gasteiger partial charge in [0.2, 0.25) is 0 Å². The summed E-state index contributed by atoms with van der Waals surface area (Å²) in [5.41, 5.74) is 2.43. The minimum Gasteiger partial charge on any atom is -0.455 e. The van der Waals surface area contributed by atoms with Crippen LogP contribution in [0.2, 0.25) is 0 Å². The highest BCUT2D eigenvalue weighted by atomic mass is 79.9. The number of aryl methyl sites for hydroxylation is 1. The molecule has 5 rings (SSSR count). The second-order valence-corrected chi connectivity index (χ2v) is 11.9. The van der Waals surface area contributed by atoms with Gasteiger partial charge in [-0.2, -0.15) is 0 Å². The van der Waals surface area contributed by atoms with E-state index in [1.807, 2.05) is 0 Å². The lowest BCUT2D eigenvalue weighted by atomic mass is 9.75. The Kier molecular flexibility index (Phi) is 7.00. The quantitative estimate of drug-likeness (QED) is 0.195. The summed E-state index contributed by atoms with van der Waals surface area (Å²) in [5.74, 6) is 1.46. The third kappa shape index (κ3) is 4.77. The van der Waals surface area contributed by atoms with E-state index in [1.54, 1.807) is 0 Å². The topological polar surface area (TPSA) is 35.5 Å². The van der Waals surface area contributed by atoms with Crippen molar-refractivity contribution in [3.8, 4) is 0 Å². The normalized spacial score (nSPS) is 27.1. The Morgan fingerprint density at radius 2 is 1.79 bits per heavy atom. The molecule has 0 bridgehead atoms. The van der Waals surface area contributed by atoms with E-state index in [0.29, 0.717) is 17.8 Å². The van der Waals surface area contributed by atoms with Crippen LogP contribution in [0, 0.1) is 17.8 Å². The molecule has 34 heavy (non-hydrogen) atoms. The molecule has 0 heterocycles. The monoisotopic (exact) mass is 522 g/mol. The van der Waals surface area contributed by atoms with Crippen molar-refractivity contribution in [1.82, 2.24) is 0 Å². The predicted octanol–water partition coefficient (Wildman–Crippen LogP) is 7.76. The first-order valence-electron chi connectivity index (χ1n) is 12.8. The molecule has 0 aromatic heterocycles. The van der Waals surface area contributed by atoms with Crippen LogP contribution in [-0.4, -0.2) is 23.5 Å². The molecule has 3 aromatic rings. The zero-order chi connectivity index (χ0) is 23.8. The molecule has 0 aliphatic heterocycles. The molecule has 2 aliphatic rings. The highest BCUT2D eigenvalue weighted by Crippen LogP contribution is 2.42. The van der Waals surface area contributed by atoms with Gasteiger partial charge in [0.05, 0.1) is 10.9 Å². The highest BCUT2D eigenvalue weighted by Gasteiger charge is 2.35. The van der Waals surface area contributed by atoms with Gasteiger partial charge >= 0.3 is 5.97 Å². The number of benzene rings is 3. The van der Waals surface area contributed by atoms with E-state index in [9.17, 15) is 4.79 Å². The molecule has 0 spiro atoms. The maximum Gasteiger partial charge on any atom is 0.332 e. The van der Waals surface area contributed by atoms with Crippen LogP contribution in [0.25, 0.3) is 21.5 Å². The maximum atomic E-state index is 13.0. The first-order valence-corrected chi connectivity index (χ1v) is 13.7. The standard InChI is InChI=1S/C30H35BrO3/c1-18(2)24-12-8-19(3)14-27(24)33-17-28(32)34-30-26(31)13-11-20-9-10-23-15-21-6-4-5-7-22(21)16-25(23)29(20)30/h4-7,9-10,15-16,18-19,24,26-27,30H,8,11-14,17H2,1-3H3/t19-,24+,26?,27-,30?/m0/s1. The lowest BCUT2D eigenvalue weighted by Gasteiger charge is -2.37. The lowest BCUT2D eigenvalue weighted by Crippen LogP contribution is -2.36. The Bertz CT molecular complexity index is 1190. The molecule has 0 saturated heterocycles. The fraction of sp³-hybridized carbons (Fsp3) is 0.500. The van der Waals surface area contributed by atoms with Crippen LogP contribution in [0.3, 0.4) is 0 Å². The van der Waals surface area contributed by atoms with Gasteiger partial charge in [0.15, 0.2) is 0 Å². The van der Waals surface area contributed by atoms with E-state index in [-0.39, 0.29) is 29.6 Å². The molecule has 1 fully saturated rings. The van der Waals surface area contributed by atoms with Crippen LogP contribution in [0.15, 0.2) is 48.5 Å². The molecule has 2 aliphatic carbocycles. The second kappa shape index (κ2) is 9.99. The highest BCUT2D eigenvalue weighted by molar-refractivity contribution is 9.09. The van der Waals surface area contributed by atoms with Gasteiger partial charge in [0.1, 0.15) is 12.7 Å². The van der Waals surface area contributed by atoms with E-state index in [4.69, 9.17) is 9.47 Å². The zero-order valence-corrected chi connectivity index (χ0v) is 22.0. The summed E-state index contributed by atoms with van der Waals surface area (Å²) in [6.45, 7) is 6.84. The summed E-state index contributed by atoms with van der Waals surface area (Å²) in [6, 6.07) is 17.3. The number of rotatable bonds is 5. The third-order valence-corrected chi connectivity index (χ3v) is 8.89. The average molecular weight is 524 g/mol. The van der Waals surface area contributed by atoms with Crippen molar-refractivity contribution in [1.29, 1.82) is 0 Å². The van der Waals surface area contributed by atoms with E-state index in [2.05, 4.69) is 85.2 Å². The van der Waals surface area contributed by atoms with Crippen LogP contribution < -0.4 is 0 Å². The Morgan fingerprint density at radius 1 is 1.03 bits per heavy atom. The van der Waals surface area contributed by atoms with Gasteiger partial charge in [-0.3, -0.25) is 0 Å². The number of carbonyl (C=O) groups is 1. The van der Waals surface area contributed by atoms with E-state index < -0.39 is 0 Å². The van der Waals surface area contributed by atoms with Crippen LogP contribution >= 0.6 is 15.9 Å². The first-order chi connectivity index (χ1) is 16.4. The third-order valence-electron chi connectivity index (χ3n) is 7.96. The Balaban J connectivity index is 1.38. The summed E-state index contributed by atoms with van der Waals surface area (Å²) in [5, 5.41) is 4.80. The zero-order valence-electron chi connectivity index (χ0n) is 20.4. The molecule has 2 unspecified atom stereocenters. The van der Waals surface area contributed by atoms with Gasteiger partial charge in [-0.15, -0.1) is 0 Å². The summed E-state index contributed by atoms with van der Waals surface area (Å²) in [4.78, 5) is 13.1. The van der Waals surface area contributed by atoms with E-state index in [1.165, 1.54) is 39.9 Å². The summed E-state index contributed by atoms with van der Waals surface area (Å²) < 4.78 is 12.4. The van der Waals surface area contributed by atoms with Crippen LogP contribution in [0.5, 0.6) is 0 Å². The minimum atomic E-state index is -0.309. The number of hydrogen-bond donors (Lipinski definition) is 0. The molecule has 3 aromatic carbocycles. The largest absolute Gasteiger partial charge is 0.455 e. The van der Waals surface area contributed by atoms with Crippen molar-refractivity contribution in [3.05, 3.63) is 59.7 Å². The second-order valence-electron chi connectivity index (χ2n) is 10.7. The molecule has 5 atom stereocenters. The van der Waals surface area contributed by atoms with Gasteiger partial charge in [-0.1, -0.05) is 79.5 Å². The fourth-order valence-corrected chi connectivity index (χ4v) is 6.65. The maximum absolute atomic E-state index is 13.0. The van der Waals surface area contributed by atoms with Crippen molar-refractivity contribution in [3.63, 3.8) is 0 Å². The number of ether oxygens (including phenoxy) is 2. The van der Waals surface area contributed by atoms with E-state index in [0.717, 1.165) is 24.8 Å². The molecule has 0 N–H and O–H groups in total. The van der Waals surface area contributed by atoms with Crippen LogP contribution in [-0.2, 0) is 20.7 Å². The molecular formula is C30H35BrO3. The lowest BCUT2D eigenvalue weighted by molar-refractivity contribution is -0.160. The SMILES string of the molecule is CC(C)[C@H]1CC[C@H](C)C[C@@H]1OCC(=O)OC1c2c(ccc3cc4ccccc4cc23)CCC1Br. The van der Waals surface area contributed by atoms with Crippen LogP contribution in [0.1, 0.15) is 63.7 Å². The molecule has 3 nitrogen and oxygen atoms in total. The van der Waals surface area contributed by atoms with Crippen LogP contribution in [0.4, 0.5) is 0 Å². The summed E-state index contributed by atoms with van der Waals surface area (Å²) >= 11 is 3.83. The van der Waals surface area contributed by atoms with Crippen molar-refractivity contribution in [2.24, 2.45) is 17.8 Å². The molecule has 4 heteroatoms. The Labute approximate surface area is 211 Å². The number of alkyl halides is 1. The van der Waals surface area contributed by atoms with E-state index >= 15 is 0 Å². The molecule has 0 radical (unpaired) electrons. The Hall–Kier alpha value is -1.91. The van der Waals surface area contributed by atoms with Crippen molar-refractivity contribution in [2.45, 2.75) is 69.9 Å². The van der Waals surface area contributed by atoms with Gasteiger partial charge < -0.3 is 9.47 Å². The number of halogens is 1. The number of esters is 1. The molecular weight excluding hydrogens is 488 g/mol. The fourth-order valence-electron chi connectivity index (χ4n) is 6.05. The van der Waals surface area contributed by atoms with Crippen molar-refractivity contribution in [2.75, 3.05) is 6.61 Å². The van der Waals surface area contributed by atoms with Gasteiger partial charge in [-0.05, 0) is 82.7 Å². The average Bonchev–Trinajstić information content (AvgIpc) is 2.82. The summed E-state index contributed by atoms with van der Waals surface area (Å²) in [6.07, 6.45) is 5.21. The Morgan fingerprint density at radius 3 is 2.56 bits per heavy atom. The number of hydrogen-bond acceptors (Lipinski definition) is 3. The minimum absolute atomic E-state index is 0.0276. The number of carbonyl (C=O) groups excluding carboxylic acids is 1. The molecule has 1 saturated carbocycles. The number of fused-ring (bicyclic) bond motifs is 4. The predicted molar refractivity (Wildman–Crippen MR) is 142 cm³/mol. The first kappa shape index (κ1) is 23.8. The summed E-state index contributed by atoms with van der Waals surface area (Å²) in [7, 11) is 0. The molecule has 0 amide bonds.